The summed E-state index contributed by atoms with van der Waals surface area (Å²) in [5.74, 6) is -1.17. The highest BCUT2D eigenvalue weighted by Gasteiger charge is 2.11. The van der Waals surface area contributed by atoms with Crippen molar-refractivity contribution >= 4 is 27.7 Å². The molecule has 0 bridgehead atoms. The summed E-state index contributed by atoms with van der Waals surface area (Å²) in [5.41, 5.74) is 5.31. The number of nitrogens with zero attached hydrogens (tertiary/aromatic N) is 1. The van der Waals surface area contributed by atoms with Gasteiger partial charge in [-0.1, -0.05) is 5.16 Å². The van der Waals surface area contributed by atoms with Crippen LogP contribution in [0.25, 0.3) is 0 Å². The lowest BCUT2D eigenvalue weighted by molar-refractivity contribution is 0.0958. The summed E-state index contributed by atoms with van der Waals surface area (Å²) in [6.07, 6.45) is 0. The number of amides is 1. The molecule has 16 heavy (non-hydrogen) atoms. The van der Waals surface area contributed by atoms with Gasteiger partial charge >= 0.3 is 0 Å². The predicted molar refractivity (Wildman–Crippen MR) is 59.8 cm³/mol. The zero-order valence-electron chi connectivity index (χ0n) is 8.08. The molecule has 0 saturated heterocycles. The Hall–Kier alpha value is -1.63. The molecule has 4 N–H and O–H groups in total. The first-order chi connectivity index (χ1) is 7.54. The van der Waals surface area contributed by atoms with Crippen molar-refractivity contribution in [2.45, 2.75) is 0 Å². The van der Waals surface area contributed by atoms with E-state index in [9.17, 15) is 9.18 Å². The quantitative estimate of drug-likeness (QED) is 0.337. The summed E-state index contributed by atoms with van der Waals surface area (Å²) in [4.78, 5) is 11.5. The zero-order valence-corrected chi connectivity index (χ0v) is 9.66. The molecule has 0 spiro atoms. The number of nitrogens with one attached hydrogen (secondary N) is 1. The van der Waals surface area contributed by atoms with E-state index in [4.69, 9.17) is 10.9 Å². The Morgan fingerprint density at radius 1 is 1.62 bits per heavy atom. The molecule has 0 fully saturated rings. The molecule has 1 aromatic rings. The van der Waals surface area contributed by atoms with Crippen LogP contribution in [-0.2, 0) is 0 Å². The molecule has 1 amide bonds. The highest BCUT2D eigenvalue weighted by atomic mass is 79.9. The minimum atomic E-state index is -0.517. The first kappa shape index (κ1) is 12.4. The van der Waals surface area contributed by atoms with Crippen LogP contribution in [0.3, 0.4) is 0 Å². The van der Waals surface area contributed by atoms with E-state index in [-0.39, 0.29) is 17.9 Å². The molecule has 0 aliphatic rings. The van der Waals surface area contributed by atoms with Crippen LogP contribution < -0.4 is 11.1 Å². The Kier molecular flexibility index (Phi) is 4.24. The standard InChI is InChI=1S/C9H9BrFN3O2/c10-7-2-1-5(11)3-6(7)9(15)13-4-8(12)14-16/h1-3,16H,4H2,(H2,12,14)(H,13,15). The van der Waals surface area contributed by atoms with Crippen LogP contribution in [0.1, 0.15) is 10.4 Å². The average Bonchev–Trinajstić information content (AvgIpc) is 2.28. The number of rotatable bonds is 3. The molecule has 5 nitrogen and oxygen atoms in total. The van der Waals surface area contributed by atoms with Gasteiger partial charge in [0.2, 0.25) is 0 Å². The van der Waals surface area contributed by atoms with E-state index in [1.807, 2.05) is 0 Å². The number of hydrogen-bond donors (Lipinski definition) is 3. The molecule has 0 atom stereocenters. The van der Waals surface area contributed by atoms with Gasteiger partial charge in [0.05, 0.1) is 12.1 Å². The van der Waals surface area contributed by atoms with E-state index in [1.54, 1.807) is 0 Å². The Morgan fingerprint density at radius 2 is 2.31 bits per heavy atom. The third-order valence-electron chi connectivity index (χ3n) is 1.73. The van der Waals surface area contributed by atoms with Gasteiger partial charge in [0.15, 0.2) is 5.84 Å². The monoisotopic (exact) mass is 289 g/mol. The lowest BCUT2D eigenvalue weighted by atomic mass is 10.2. The highest BCUT2D eigenvalue weighted by Crippen LogP contribution is 2.17. The van der Waals surface area contributed by atoms with Crippen LogP contribution in [0.2, 0.25) is 0 Å². The summed E-state index contributed by atoms with van der Waals surface area (Å²) < 4.78 is 13.3. The van der Waals surface area contributed by atoms with Crippen molar-refractivity contribution in [2.75, 3.05) is 6.54 Å². The fraction of sp³-hybridized carbons (Fsp3) is 0.111. The smallest absolute Gasteiger partial charge is 0.252 e. The molecule has 0 radical (unpaired) electrons. The summed E-state index contributed by atoms with van der Waals surface area (Å²) in [6.45, 7) is -0.113. The number of carbonyl (C=O) groups excluding carboxylic acids is 1. The van der Waals surface area contributed by atoms with Crippen molar-refractivity contribution in [1.29, 1.82) is 0 Å². The summed E-state index contributed by atoms with van der Waals surface area (Å²) in [5, 5.41) is 13.3. The number of hydrogen-bond acceptors (Lipinski definition) is 3. The molecule has 1 rings (SSSR count). The van der Waals surface area contributed by atoms with Gasteiger partial charge in [-0.3, -0.25) is 4.79 Å². The lowest BCUT2D eigenvalue weighted by Gasteiger charge is -2.05. The van der Waals surface area contributed by atoms with E-state index in [0.29, 0.717) is 4.47 Å². The van der Waals surface area contributed by atoms with Crippen molar-refractivity contribution in [1.82, 2.24) is 5.32 Å². The molecule has 0 aliphatic carbocycles. The first-order valence-corrected chi connectivity index (χ1v) is 5.03. The molecule has 86 valence electrons. The molecule has 0 saturated carbocycles. The molecule has 1 aromatic carbocycles. The van der Waals surface area contributed by atoms with E-state index in [0.717, 1.165) is 6.07 Å². The number of oxime groups is 1. The summed E-state index contributed by atoms with van der Waals surface area (Å²) in [7, 11) is 0. The number of nitrogens with two attached hydrogens (primary N) is 1. The summed E-state index contributed by atoms with van der Waals surface area (Å²) in [6, 6.07) is 3.74. The lowest BCUT2D eigenvalue weighted by Crippen LogP contribution is -2.33. The van der Waals surface area contributed by atoms with Gasteiger partial charge in [-0.25, -0.2) is 4.39 Å². The molecule has 7 heteroatoms. The van der Waals surface area contributed by atoms with Gasteiger partial charge < -0.3 is 16.3 Å². The van der Waals surface area contributed by atoms with Gasteiger partial charge in [0.1, 0.15) is 5.82 Å². The third kappa shape index (κ3) is 3.20. The van der Waals surface area contributed by atoms with Crippen LogP contribution in [-0.4, -0.2) is 23.5 Å². The van der Waals surface area contributed by atoms with E-state index >= 15 is 0 Å². The average molecular weight is 290 g/mol. The number of benzene rings is 1. The maximum atomic E-state index is 12.9. The highest BCUT2D eigenvalue weighted by molar-refractivity contribution is 9.10. The van der Waals surface area contributed by atoms with Crippen molar-refractivity contribution in [3.05, 3.63) is 34.1 Å². The minimum Gasteiger partial charge on any atom is -0.409 e. The van der Waals surface area contributed by atoms with Crippen LogP contribution in [0.15, 0.2) is 27.8 Å². The molecular formula is C9H9BrFN3O2. The normalized spacial score (nSPS) is 11.2. The van der Waals surface area contributed by atoms with E-state index in [2.05, 4.69) is 26.4 Å². The number of halogens is 2. The summed E-state index contributed by atoms with van der Waals surface area (Å²) >= 11 is 3.12. The van der Waals surface area contributed by atoms with Gasteiger partial charge in [-0.15, -0.1) is 0 Å². The maximum absolute atomic E-state index is 12.9. The predicted octanol–water partition coefficient (Wildman–Crippen LogP) is 1.06. The Bertz CT molecular complexity index is 437. The molecule has 0 unspecified atom stereocenters. The maximum Gasteiger partial charge on any atom is 0.252 e. The second kappa shape index (κ2) is 5.45. The molecule has 0 aromatic heterocycles. The third-order valence-corrected chi connectivity index (χ3v) is 2.42. The van der Waals surface area contributed by atoms with E-state index < -0.39 is 11.7 Å². The van der Waals surface area contributed by atoms with Crippen molar-refractivity contribution in [3.63, 3.8) is 0 Å². The van der Waals surface area contributed by atoms with Gasteiger partial charge in [-0.05, 0) is 34.1 Å². The second-order valence-corrected chi connectivity index (χ2v) is 3.75. The number of carbonyl (C=O) groups is 1. The molecule has 0 aliphatic heterocycles. The fourth-order valence-electron chi connectivity index (χ4n) is 0.973. The van der Waals surface area contributed by atoms with Gasteiger partial charge in [0.25, 0.3) is 5.91 Å². The molecule has 0 heterocycles. The Balaban J connectivity index is 2.77. The van der Waals surface area contributed by atoms with Gasteiger partial charge in [0, 0.05) is 4.47 Å². The van der Waals surface area contributed by atoms with Crippen LogP contribution in [0.4, 0.5) is 4.39 Å². The van der Waals surface area contributed by atoms with Crippen LogP contribution in [0.5, 0.6) is 0 Å². The van der Waals surface area contributed by atoms with E-state index in [1.165, 1.54) is 12.1 Å². The Morgan fingerprint density at radius 3 is 2.94 bits per heavy atom. The fourth-order valence-corrected chi connectivity index (χ4v) is 1.40. The SMILES string of the molecule is N/C(CNC(=O)c1cc(F)ccc1Br)=N\O. The first-order valence-electron chi connectivity index (χ1n) is 4.24. The largest absolute Gasteiger partial charge is 0.409 e. The topological polar surface area (TPSA) is 87.7 Å². The van der Waals surface area contributed by atoms with Crippen molar-refractivity contribution in [3.8, 4) is 0 Å². The second-order valence-electron chi connectivity index (χ2n) is 2.90. The van der Waals surface area contributed by atoms with Crippen molar-refractivity contribution < 1.29 is 14.4 Å². The number of amidine groups is 1. The van der Waals surface area contributed by atoms with Crippen LogP contribution >= 0.6 is 15.9 Å². The van der Waals surface area contributed by atoms with Crippen molar-refractivity contribution in [2.24, 2.45) is 10.9 Å². The van der Waals surface area contributed by atoms with Crippen LogP contribution in [0, 0.1) is 5.82 Å². The van der Waals surface area contributed by atoms with Gasteiger partial charge in [-0.2, -0.15) is 0 Å². The minimum absolute atomic E-state index is 0.113. The zero-order chi connectivity index (χ0) is 12.1. The Labute approximate surface area is 99.3 Å². The molecular weight excluding hydrogens is 281 g/mol.